The van der Waals surface area contributed by atoms with Gasteiger partial charge >= 0.3 is 0 Å². The molecular formula is C27H35FN4O2. The van der Waals surface area contributed by atoms with Gasteiger partial charge in [-0.15, -0.1) is 0 Å². The lowest BCUT2D eigenvalue weighted by atomic mass is 10.1. The smallest absolute Gasteiger partial charge is 0.251 e. The van der Waals surface area contributed by atoms with Gasteiger partial charge in [-0.25, -0.2) is 4.39 Å². The lowest BCUT2D eigenvalue weighted by Gasteiger charge is -2.34. The molecule has 1 saturated heterocycles. The molecule has 0 radical (unpaired) electrons. The number of nitrogens with zero attached hydrogens (tertiary/aromatic N) is 2. The van der Waals surface area contributed by atoms with Gasteiger partial charge in [-0.05, 0) is 69.6 Å². The molecule has 1 heterocycles. The molecule has 2 aromatic rings. The van der Waals surface area contributed by atoms with Crippen molar-refractivity contribution in [1.29, 1.82) is 0 Å². The van der Waals surface area contributed by atoms with E-state index in [1.54, 1.807) is 0 Å². The second-order valence-corrected chi connectivity index (χ2v) is 9.62. The summed E-state index contributed by atoms with van der Waals surface area (Å²) in [6.45, 7) is 5.88. The zero-order valence-corrected chi connectivity index (χ0v) is 20.1. The first-order valence-electron chi connectivity index (χ1n) is 12.2. The summed E-state index contributed by atoms with van der Waals surface area (Å²) in [5.41, 5.74) is 3.00. The van der Waals surface area contributed by atoms with Crippen LogP contribution in [0.3, 0.4) is 0 Å². The summed E-state index contributed by atoms with van der Waals surface area (Å²) in [6.07, 6.45) is 2.48. The summed E-state index contributed by atoms with van der Waals surface area (Å²) in [4.78, 5) is 30.0. The van der Waals surface area contributed by atoms with E-state index in [0.29, 0.717) is 37.0 Å². The number of halogens is 1. The average Bonchev–Trinajstić information content (AvgIpc) is 3.61. The van der Waals surface area contributed by atoms with Gasteiger partial charge in [0, 0.05) is 43.7 Å². The van der Waals surface area contributed by atoms with Crippen molar-refractivity contribution in [2.45, 2.75) is 44.2 Å². The molecule has 0 spiro atoms. The van der Waals surface area contributed by atoms with Crippen LogP contribution in [0.15, 0.2) is 48.5 Å². The molecule has 4 rings (SSSR count). The fraction of sp³-hybridized carbons (Fsp3) is 0.481. The monoisotopic (exact) mass is 466 g/mol. The van der Waals surface area contributed by atoms with E-state index >= 15 is 0 Å². The number of amides is 2. The van der Waals surface area contributed by atoms with Gasteiger partial charge in [0.25, 0.3) is 5.91 Å². The number of likely N-dealkylation sites (N-methyl/N-ethyl adjacent to an activating group) is 1. The molecule has 3 atom stereocenters. The fourth-order valence-electron chi connectivity index (χ4n) is 4.54. The molecule has 1 saturated carbocycles. The predicted molar refractivity (Wildman–Crippen MR) is 131 cm³/mol. The molecule has 182 valence electrons. The Morgan fingerprint density at radius 3 is 2.38 bits per heavy atom. The van der Waals surface area contributed by atoms with Gasteiger partial charge in [-0.3, -0.25) is 9.59 Å². The maximum absolute atomic E-state index is 13.2. The summed E-state index contributed by atoms with van der Waals surface area (Å²) < 4.78 is 13.2. The van der Waals surface area contributed by atoms with Crippen LogP contribution in [0.5, 0.6) is 0 Å². The lowest BCUT2D eigenvalue weighted by molar-refractivity contribution is -0.135. The largest absolute Gasteiger partial charge is 0.340 e. The van der Waals surface area contributed by atoms with Crippen molar-refractivity contribution in [1.82, 2.24) is 20.4 Å². The van der Waals surface area contributed by atoms with Crippen LogP contribution in [0.4, 0.5) is 4.39 Å². The highest BCUT2D eigenvalue weighted by atomic mass is 19.1. The van der Waals surface area contributed by atoms with Gasteiger partial charge < -0.3 is 20.4 Å². The van der Waals surface area contributed by atoms with E-state index in [1.807, 2.05) is 11.9 Å². The third kappa shape index (κ3) is 6.42. The van der Waals surface area contributed by atoms with Crippen molar-refractivity contribution < 1.29 is 14.0 Å². The van der Waals surface area contributed by atoms with Crippen molar-refractivity contribution in [3.8, 4) is 0 Å². The molecule has 7 heteroatoms. The number of piperazine rings is 1. The maximum Gasteiger partial charge on any atom is 0.251 e. The van der Waals surface area contributed by atoms with Gasteiger partial charge in [0.1, 0.15) is 11.9 Å². The van der Waals surface area contributed by atoms with Crippen LogP contribution in [-0.4, -0.2) is 73.5 Å². The van der Waals surface area contributed by atoms with Crippen LogP contribution < -0.4 is 10.6 Å². The topological polar surface area (TPSA) is 64.7 Å². The standard InChI is InChI=1S/C27H35FN4O2/c1-19-5-7-20(8-6-19)23-18-25(23)29-13-3-4-24(27(34)32-16-14-31(2)15-17-32)30-26(33)21-9-11-22(28)12-10-21/h5-12,23-25,29H,3-4,13-18H2,1-2H3,(H,30,33)/t23-,24+,25+/m1/s1. The highest BCUT2D eigenvalue weighted by Crippen LogP contribution is 2.40. The van der Waals surface area contributed by atoms with Gasteiger partial charge in [0.15, 0.2) is 0 Å². The van der Waals surface area contributed by atoms with E-state index in [9.17, 15) is 14.0 Å². The number of hydrogen-bond donors (Lipinski definition) is 2. The molecule has 6 nitrogen and oxygen atoms in total. The van der Waals surface area contributed by atoms with E-state index in [4.69, 9.17) is 0 Å². The summed E-state index contributed by atoms with van der Waals surface area (Å²) in [6, 6.07) is 14.0. The third-order valence-electron chi connectivity index (χ3n) is 6.90. The zero-order chi connectivity index (χ0) is 24.1. The van der Waals surface area contributed by atoms with E-state index in [-0.39, 0.29) is 11.8 Å². The number of rotatable bonds is 9. The first kappa shape index (κ1) is 24.4. The Bertz CT molecular complexity index is 971. The minimum atomic E-state index is -0.588. The van der Waals surface area contributed by atoms with Crippen LogP contribution in [0.25, 0.3) is 0 Å². The molecule has 34 heavy (non-hydrogen) atoms. The van der Waals surface area contributed by atoms with Crippen molar-refractivity contribution in [2.75, 3.05) is 39.8 Å². The molecule has 1 aliphatic heterocycles. The molecule has 2 fully saturated rings. The van der Waals surface area contributed by atoms with Gasteiger partial charge in [-0.2, -0.15) is 0 Å². The highest BCUT2D eigenvalue weighted by molar-refractivity contribution is 5.97. The number of nitrogens with one attached hydrogen (secondary N) is 2. The Morgan fingerprint density at radius 2 is 1.71 bits per heavy atom. The molecule has 2 N–H and O–H groups in total. The van der Waals surface area contributed by atoms with Crippen LogP contribution >= 0.6 is 0 Å². The Morgan fingerprint density at radius 1 is 1.03 bits per heavy atom. The second-order valence-electron chi connectivity index (χ2n) is 9.62. The Balaban J connectivity index is 1.30. The second kappa shape index (κ2) is 11.1. The van der Waals surface area contributed by atoms with Gasteiger partial charge in [0.2, 0.25) is 5.91 Å². The zero-order valence-electron chi connectivity index (χ0n) is 20.1. The molecule has 0 unspecified atom stereocenters. The van der Waals surface area contributed by atoms with Crippen LogP contribution in [-0.2, 0) is 4.79 Å². The van der Waals surface area contributed by atoms with Gasteiger partial charge in [-0.1, -0.05) is 29.8 Å². The van der Waals surface area contributed by atoms with Crippen LogP contribution in [0, 0.1) is 12.7 Å². The number of benzene rings is 2. The van der Waals surface area contributed by atoms with Crippen molar-refractivity contribution in [3.63, 3.8) is 0 Å². The average molecular weight is 467 g/mol. The summed E-state index contributed by atoms with van der Waals surface area (Å²) in [5, 5.41) is 6.52. The summed E-state index contributed by atoms with van der Waals surface area (Å²) in [5.74, 6) is -0.215. The van der Waals surface area contributed by atoms with Crippen LogP contribution in [0.2, 0.25) is 0 Å². The highest BCUT2D eigenvalue weighted by Gasteiger charge is 2.37. The maximum atomic E-state index is 13.2. The summed E-state index contributed by atoms with van der Waals surface area (Å²) >= 11 is 0. The molecule has 1 aliphatic carbocycles. The number of carbonyl (C=O) groups excluding carboxylic acids is 2. The van der Waals surface area contributed by atoms with Crippen LogP contribution in [0.1, 0.15) is 46.7 Å². The Hall–Kier alpha value is -2.77. The number of carbonyl (C=O) groups is 2. The van der Waals surface area contributed by atoms with Gasteiger partial charge in [0.05, 0.1) is 0 Å². The van der Waals surface area contributed by atoms with Crippen molar-refractivity contribution >= 4 is 11.8 Å². The first-order chi connectivity index (χ1) is 16.4. The van der Waals surface area contributed by atoms with E-state index in [0.717, 1.165) is 32.5 Å². The molecule has 2 amide bonds. The lowest BCUT2D eigenvalue weighted by Crippen LogP contribution is -2.54. The van der Waals surface area contributed by atoms with E-state index < -0.39 is 11.9 Å². The Labute approximate surface area is 201 Å². The van der Waals surface area contributed by atoms with Crippen molar-refractivity contribution in [2.24, 2.45) is 0 Å². The van der Waals surface area contributed by atoms with Crippen molar-refractivity contribution in [3.05, 3.63) is 71.0 Å². The first-order valence-corrected chi connectivity index (χ1v) is 12.2. The predicted octanol–water partition coefficient (Wildman–Crippen LogP) is 2.93. The minimum absolute atomic E-state index is 0.0347. The third-order valence-corrected chi connectivity index (χ3v) is 6.90. The SMILES string of the molecule is Cc1ccc([C@H]2C[C@@H]2NCCC[C@H](NC(=O)c2ccc(F)cc2)C(=O)N2CCN(C)CC2)cc1. The molecular weight excluding hydrogens is 431 g/mol. The van der Waals surface area contributed by atoms with E-state index in [2.05, 4.69) is 46.7 Å². The number of aryl methyl sites for hydroxylation is 1. The molecule has 0 aromatic heterocycles. The molecule has 2 aliphatic rings. The fourth-order valence-corrected chi connectivity index (χ4v) is 4.54. The Kier molecular flexibility index (Phi) is 7.95. The van der Waals surface area contributed by atoms with E-state index in [1.165, 1.54) is 35.4 Å². The molecule has 2 aromatic carbocycles. The number of hydrogen-bond acceptors (Lipinski definition) is 4. The normalized spacial score (nSPS) is 21.2. The summed E-state index contributed by atoms with van der Waals surface area (Å²) in [7, 11) is 2.04. The molecule has 0 bridgehead atoms. The quantitative estimate of drug-likeness (QED) is 0.558. The minimum Gasteiger partial charge on any atom is -0.340 e.